The molecule has 0 saturated heterocycles. The number of anilines is 1. The van der Waals surface area contributed by atoms with E-state index in [2.05, 4.69) is 0 Å². The van der Waals surface area contributed by atoms with Gasteiger partial charge in [-0.1, -0.05) is 6.07 Å². The molecule has 1 aliphatic carbocycles. The number of rotatable bonds is 3. The van der Waals surface area contributed by atoms with Crippen LogP contribution >= 0.6 is 0 Å². The molecule has 0 amide bonds. The molecule has 2 aliphatic rings. The second-order valence-corrected chi connectivity index (χ2v) is 9.87. The van der Waals surface area contributed by atoms with Gasteiger partial charge in [0.15, 0.2) is 0 Å². The summed E-state index contributed by atoms with van der Waals surface area (Å²) in [4.78, 5) is 0.291. The summed E-state index contributed by atoms with van der Waals surface area (Å²) in [5.74, 6) is 0. The smallest absolute Gasteiger partial charge is 0.264 e. The Bertz CT molecular complexity index is 1080. The summed E-state index contributed by atoms with van der Waals surface area (Å²) in [7, 11) is -7.47. The first-order valence-corrected chi connectivity index (χ1v) is 11.1. The minimum Gasteiger partial charge on any atom is -0.266 e. The number of nitrogens with zero attached hydrogens (tertiary/aromatic N) is 1. The quantitative estimate of drug-likeness (QED) is 0.877. The Morgan fingerprint density at radius 1 is 0.800 bits per heavy atom. The lowest BCUT2D eigenvalue weighted by Crippen LogP contribution is -2.29. The highest BCUT2D eigenvalue weighted by Gasteiger charge is 2.32. The number of aryl methyl sites for hydroxylation is 2. The molecule has 25 heavy (non-hydrogen) atoms. The molecular weight excluding hydrogens is 360 g/mol. The second kappa shape index (κ2) is 5.55. The Labute approximate surface area is 147 Å². The predicted octanol–water partition coefficient (Wildman–Crippen LogP) is 1.57. The second-order valence-electron chi connectivity index (χ2n) is 6.45. The van der Waals surface area contributed by atoms with Crippen LogP contribution in [0.15, 0.2) is 46.2 Å². The van der Waals surface area contributed by atoms with Crippen molar-refractivity contribution in [2.75, 3.05) is 10.8 Å². The summed E-state index contributed by atoms with van der Waals surface area (Å²) in [5.41, 5.74) is 3.52. The minimum atomic E-state index is -3.80. The molecule has 0 unspecified atom stereocenters. The number of primary sulfonamides is 1. The van der Waals surface area contributed by atoms with Crippen LogP contribution in [-0.2, 0) is 39.3 Å². The van der Waals surface area contributed by atoms with Gasteiger partial charge in [-0.2, -0.15) is 0 Å². The highest BCUT2D eigenvalue weighted by Crippen LogP contribution is 2.35. The lowest BCUT2D eigenvalue weighted by atomic mass is 10.1. The molecule has 0 radical (unpaired) electrons. The molecule has 2 aromatic rings. The van der Waals surface area contributed by atoms with Crippen LogP contribution in [0.2, 0.25) is 0 Å². The highest BCUT2D eigenvalue weighted by atomic mass is 32.2. The van der Waals surface area contributed by atoms with Crippen LogP contribution in [0.4, 0.5) is 5.69 Å². The van der Waals surface area contributed by atoms with Crippen LogP contribution in [0.25, 0.3) is 0 Å². The molecule has 2 aromatic carbocycles. The molecule has 0 bridgehead atoms. The van der Waals surface area contributed by atoms with Gasteiger partial charge >= 0.3 is 0 Å². The van der Waals surface area contributed by atoms with Gasteiger partial charge in [0.05, 0.1) is 15.5 Å². The van der Waals surface area contributed by atoms with Gasteiger partial charge in [0.25, 0.3) is 10.0 Å². The Hall–Kier alpha value is -1.90. The van der Waals surface area contributed by atoms with Gasteiger partial charge in [-0.25, -0.2) is 22.0 Å². The van der Waals surface area contributed by atoms with Gasteiger partial charge in [0, 0.05) is 6.54 Å². The summed E-state index contributed by atoms with van der Waals surface area (Å²) in [6.07, 6.45) is 3.43. The van der Waals surface area contributed by atoms with Crippen molar-refractivity contribution in [2.45, 2.75) is 35.5 Å². The van der Waals surface area contributed by atoms with E-state index in [4.69, 9.17) is 5.14 Å². The third-order valence-electron chi connectivity index (χ3n) is 4.89. The van der Waals surface area contributed by atoms with Crippen LogP contribution < -0.4 is 9.44 Å². The monoisotopic (exact) mass is 378 g/mol. The fourth-order valence-electron chi connectivity index (χ4n) is 3.61. The van der Waals surface area contributed by atoms with E-state index in [0.717, 1.165) is 24.8 Å². The molecule has 6 nitrogen and oxygen atoms in total. The van der Waals surface area contributed by atoms with Crippen LogP contribution in [0, 0.1) is 0 Å². The molecule has 8 heteroatoms. The van der Waals surface area contributed by atoms with E-state index < -0.39 is 20.0 Å². The van der Waals surface area contributed by atoms with E-state index in [-0.39, 0.29) is 9.79 Å². The first kappa shape index (κ1) is 16.6. The van der Waals surface area contributed by atoms with Crippen molar-refractivity contribution in [3.8, 4) is 0 Å². The van der Waals surface area contributed by atoms with Crippen LogP contribution in [0.3, 0.4) is 0 Å². The van der Waals surface area contributed by atoms with Crippen molar-refractivity contribution in [2.24, 2.45) is 5.14 Å². The number of sulfonamides is 2. The van der Waals surface area contributed by atoms with E-state index in [1.807, 2.05) is 6.07 Å². The van der Waals surface area contributed by atoms with Crippen molar-refractivity contribution >= 4 is 25.7 Å². The van der Waals surface area contributed by atoms with Crippen molar-refractivity contribution in [3.05, 3.63) is 53.1 Å². The Morgan fingerprint density at radius 3 is 2.24 bits per heavy atom. The van der Waals surface area contributed by atoms with Crippen molar-refractivity contribution in [1.82, 2.24) is 0 Å². The fraction of sp³-hybridized carbons (Fsp3) is 0.294. The van der Waals surface area contributed by atoms with Gasteiger partial charge in [-0.05, 0) is 72.7 Å². The Balaban J connectivity index is 1.75. The Kier molecular flexibility index (Phi) is 3.68. The number of hydrogen-bond donors (Lipinski definition) is 1. The maximum absolute atomic E-state index is 13.1. The first-order chi connectivity index (χ1) is 11.8. The normalized spacial score (nSPS) is 16.8. The summed E-state index contributed by atoms with van der Waals surface area (Å²) >= 11 is 0. The predicted molar refractivity (Wildman–Crippen MR) is 94.5 cm³/mol. The number of hydrogen-bond acceptors (Lipinski definition) is 4. The largest absolute Gasteiger partial charge is 0.266 e. The van der Waals surface area contributed by atoms with Gasteiger partial charge < -0.3 is 0 Å². The number of benzene rings is 2. The third-order valence-corrected chi connectivity index (χ3v) is 7.61. The standard InChI is InChI=1S/C17H18N2O4S2/c18-24(20,21)15-6-7-17-14(11-15)8-9-19(17)25(22,23)16-5-4-12-2-1-3-13(12)10-16/h4-7,10-11H,1-3,8-9H2,(H2,18,20,21). The van der Waals surface area contributed by atoms with Gasteiger partial charge in [0.1, 0.15) is 0 Å². The maximum atomic E-state index is 13.1. The molecular formula is C17H18N2O4S2. The summed E-state index contributed by atoms with van der Waals surface area (Å²) in [6.45, 7) is 0.294. The van der Waals surface area contributed by atoms with Crippen LogP contribution in [0.5, 0.6) is 0 Å². The van der Waals surface area contributed by atoms with E-state index in [0.29, 0.717) is 24.2 Å². The molecule has 4 rings (SSSR count). The molecule has 1 aliphatic heterocycles. The summed E-state index contributed by atoms with van der Waals surface area (Å²) < 4.78 is 50.5. The molecule has 0 spiro atoms. The van der Waals surface area contributed by atoms with E-state index >= 15 is 0 Å². The van der Waals surface area contributed by atoms with Gasteiger partial charge in [0.2, 0.25) is 10.0 Å². The summed E-state index contributed by atoms with van der Waals surface area (Å²) in [5, 5.41) is 5.15. The fourth-order valence-corrected chi connectivity index (χ4v) is 5.73. The van der Waals surface area contributed by atoms with Gasteiger partial charge in [-0.15, -0.1) is 0 Å². The average molecular weight is 378 g/mol. The van der Waals surface area contributed by atoms with E-state index in [1.54, 1.807) is 12.1 Å². The molecule has 1 heterocycles. The van der Waals surface area contributed by atoms with Gasteiger partial charge in [-0.3, -0.25) is 4.31 Å². The molecule has 0 aromatic heterocycles. The molecule has 132 valence electrons. The van der Waals surface area contributed by atoms with Crippen LogP contribution in [0.1, 0.15) is 23.1 Å². The van der Waals surface area contributed by atoms with Crippen molar-refractivity contribution in [1.29, 1.82) is 0 Å². The lowest BCUT2D eigenvalue weighted by molar-refractivity contribution is 0.592. The highest BCUT2D eigenvalue weighted by molar-refractivity contribution is 7.92. The molecule has 2 N–H and O–H groups in total. The zero-order valence-corrected chi connectivity index (χ0v) is 15.1. The average Bonchev–Trinajstić information content (AvgIpc) is 3.19. The number of nitrogens with two attached hydrogens (primary N) is 1. The molecule has 0 atom stereocenters. The topological polar surface area (TPSA) is 97.5 Å². The first-order valence-electron chi connectivity index (χ1n) is 8.07. The van der Waals surface area contributed by atoms with E-state index in [1.165, 1.54) is 28.1 Å². The number of fused-ring (bicyclic) bond motifs is 2. The van der Waals surface area contributed by atoms with Crippen LogP contribution in [-0.4, -0.2) is 23.4 Å². The third kappa shape index (κ3) is 2.74. The zero-order chi connectivity index (χ0) is 17.8. The minimum absolute atomic E-state index is 0.00280. The Morgan fingerprint density at radius 2 is 1.48 bits per heavy atom. The zero-order valence-electron chi connectivity index (χ0n) is 13.5. The van der Waals surface area contributed by atoms with E-state index in [9.17, 15) is 16.8 Å². The SMILES string of the molecule is NS(=O)(=O)c1ccc2c(c1)CCN2S(=O)(=O)c1ccc2c(c1)CCC2. The van der Waals surface area contributed by atoms with Crippen molar-refractivity contribution in [3.63, 3.8) is 0 Å². The molecule has 0 saturated carbocycles. The lowest BCUT2D eigenvalue weighted by Gasteiger charge is -2.20. The maximum Gasteiger partial charge on any atom is 0.264 e. The molecule has 0 fully saturated rings. The summed E-state index contributed by atoms with van der Waals surface area (Å²) in [6, 6.07) is 9.67. The van der Waals surface area contributed by atoms with Crippen molar-refractivity contribution < 1.29 is 16.8 Å².